The summed E-state index contributed by atoms with van der Waals surface area (Å²) in [4.78, 5) is 1.28. The van der Waals surface area contributed by atoms with E-state index in [4.69, 9.17) is 0 Å². The summed E-state index contributed by atoms with van der Waals surface area (Å²) in [6, 6.07) is 10.3. The summed E-state index contributed by atoms with van der Waals surface area (Å²) >= 11 is 1.80. The van der Waals surface area contributed by atoms with E-state index < -0.39 is 0 Å². The van der Waals surface area contributed by atoms with Crippen LogP contribution in [0.4, 0.5) is 0 Å². The molecule has 0 fully saturated rings. The van der Waals surface area contributed by atoms with Gasteiger partial charge in [0, 0.05) is 10.6 Å². The van der Waals surface area contributed by atoms with Gasteiger partial charge in [-0.15, -0.1) is 11.8 Å². The molecule has 88 valence electrons. The van der Waals surface area contributed by atoms with Gasteiger partial charge in [-0.2, -0.15) is 0 Å². The maximum atomic E-state index is 9.69. The molecule has 0 amide bonds. The van der Waals surface area contributed by atoms with Gasteiger partial charge in [0.1, 0.15) is 0 Å². The fraction of sp³-hybridized carbons (Fsp3) is 0.429. The van der Waals surface area contributed by atoms with Crippen molar-refractivity contribution in [2.45, 2.75) is 37.2 Å². The SMILES string of the molecule is CC/C=C/C[C@@H](O)CCSc1ccccc1. The summed E-state index contributed by atoms with van der Waals surface area (Å²) in [5.74, 6) is 0.977. The van der Waals surface area contributed by atoms with E-state index in [1.165, 1.54) is 4.90 Å². The normalized spacial score (nSPS) is 13.1. The first-order valence-electron chi connectivity index (χ1n) is 5.84. The van der Waals surface area contributed by atoms with Gasteiger partial charge in [-0.05, 0) is 31.4 Å². The lowest BCUT2D eigenvalue weighted by Gasteiger charge is -2.07. The maximum absolute atomic E-state index is 9.69. The molecule has 2 heteroatoms. The Kier molecular flexibility index (Phi) is 7.02. The van der Waals surface area contributed by atoms with Gasteiger partial charge in [-0.25, -0.2) is 0 Å². The third kappa shape index (κ3) is 5.99. The number of aliphatic hydroxyl groups is 1. The molecule has 0 saturated heterocycles. The molecule has 16 heavy (non-hydrogen) atoms. The Balaban J connectivity index is 2.13. The van der Waals surface area contributed by atoms with E-state index in [-0.39, 0.29) is 6.10 Å². The lowest BCUT2D eigenvalue weighted by molar-refractivity contribution is 0.175. The van der Waals surface area contributed by atoms with Gasteiger partial charge in [0.05, 0.1) is 6.10 Å². The monoisotopic (exact) mass is 236 g/mol. The first-order chi connectivity index (χ1) is 7.83. The van der Waals surface area contributed by atoms with Gasteiger partial charge >= 0.3 is 0 Å². The Bertz CT molecular complexity index is 295. The summed E-state index contributed by atoms with van der Waals surface area (Å²) in [5.41, 5.74) is 0. The third-order valence-corrected chi connectivity index (χ3v) is 3.32. The number of hydrogen-bond acceptors (Lipinski definition) is 2. The van der Waals surface area contributed by atoms with Crippen LogP contribution in [-0.4, -0.2) is 17.0 Å². The molecule has 0 radical (unpaired) electrons. The number of hydrogen-bond donors (Lipinski definition) is 1. The van der Waals surface area contributed by atoms with Crippen LogP contribution in [0.5, 0.6) is 0 Å². The number of thioether (sulfide) groups is 1. The average Bonchev–Trinajstić information content (AvgIpc) is 2.31. The van der Waals surface area contributed by atoms with Crippen molar-refractivity contribution in [1.82, 2.24) is 0 Å². The van der Waals surface area contributed by atoms with Crippen molar-refractivity contribution in [3.8, 4) is 0 Å². The molecule has 0 aliphatic carbocycles. The van der Waals surface area contributed by atoms with E-state index in [1.807, 2.05) is 18.2 Å². The lowest BCUT2D eigenvalue weighted by atomic mass is 10.2. The highest BCUT2D eigenvalue weighted by molar-refractivity contribution is 7.99. The third-order valence-electron chi connectivity index (χ3n) is 2.27. The molecule has 0 aliphatic rings. The van der Waals surface area contributed by atoms with Crippen molar-refractivity contribution in [2.75, 3.05) is 5.75 Å². The minimum atomic E-state index is -0.195. The van der Waals surface area contributed by atoms with Crippen LogP contribution in [0.1, 0.15) is 26.2 Å². The van der Waals surface area contributed by atoms with Gasteiger partial charge in [0.25, 0.3) is 0 Å². The standard InChI is InChI=1S/C14H20OS/c1-2-3-5-8-13(15)11-12-16-14-9-6-4-7-10-14/h3-7,9-10,13,15H,2,8,11-12H2,1H3/b5-3+/t13-/m1/s1. The topological polar surface area (TPSA) is 20.2 Å². The molecule has 0 aromatic heterocycles. The molecule has 1 atom stereocenters. The zero-order valence-corrected chi connectivity index (χ0v) is 10.6. The first kappa shape index (κ1) is 13.3. The maximum Gasteiger partial charge on any atom is 0.0582 e. The van der Waals surface area contributed by atoms with Gasteiger partial charge in [0.15, 0.2) is 0 Å². The van der Waals surface area contributed by atoms with Crippen molar-refractivity contribution >= 4 is 11.8 Å². The van der Waals surface area contributed by atoms with Gasteiger partial charge in [0.2, 0.25) is 0 Å². The fourth-order valence-electron chi connectivity index (χ4n) is 1.37. The number of aliphatic hydroxyl groups excluding tert-OH is 1. The van der Waals surface area contributed by atoms with Gasteiger partial charge in [-0.3, -0.25) is 0 Å². The highest BCUT2D eigenvalue weighted by Crippen LogP contribution is 2.18. The van der Waals surface area contributed by atoms with Crippen LogP contribution in [0.3, 0.4) is 0 Å². The quantitative estimate of drug-likeness (QED) is 0.572. The molecule has 1 rings (SSSR count). The lowest BCUT2D eigenvalue weighted by Crippen LogP contribution is -2.05. The highest BCUT2D eigenvalue weighted by Gasteiger charge is 2.01. The van der Waals surface area contributed by atoms with E-state index in [0.717, 1.165) is 25.0 Å². The summed E-state index contributed by atoms with van der Waals surface area (Å²) < 4.78 is 0. The Hall–Kier alpha value is -0.730. The minimum Gasteiger partial charge on any atom is -0.393 e. The average molecular weight is 236 g/mol. The summed E-state index contributed by atoms with van der Waals surface area (Å²) in [5, 5.41) is 9.69. The molecule has 0 bridgehead atoms. The van der Waals surface area contributed by atoms with Crippen LogP contribution in [0.15, 0.2) is 47.4 Å². The molecule has 0 unspecified atom stereocenters. The zero-order valence-electron chi connectivity index (χ0n) is 9.80. The van der Waals surface area contributed by atoms with Crippen LogP contribution in [-0.2, 0) is 0 Å². The van der Waals surface area contributed by atoms with Crippen LogP contribution in [0.2, 0.25) is 0 Å². The predicted molar refractivity (Wildman–Crippen MR) is 71.8 cm³/mol. The summed E-state index contributed by atoms with van der Waals surface area (Å²) in [7, 11) is 0. The number of benzene rings is 1. The Labute approximate surface area is 103 Å². The molecule has 1 aromatic carbocycles. The predicted octanol–water partition coefficient (Wildman–Crippen LogP) is 3.89. The van der Waals surface area contributed by atoms with Crippen molar-refractivity contribution < 1.29 is 5.11 Å². The number of rotatable bonds is 7. The van der Waals surface area contributed by atoms with Crippen molar-refractivity contribution in [3.63, 3.8) is 0 Å². The molecular weight excluding hydrogens is 216 g/mol. The van der Waals surface area contributed by atoms with Crippen molar-refractivity contribution in [3.05, 3.63) is 42.5 Å². The van der Waals surface area contributed by atoms with Crippen LogP contribution in [0, 0.1) is 0 Å². The van der Waals surface area contributed by atoms with E-state index in [2.05, 4.69) is 31.2 Å². The molecule has 0 heterocycles. The Morgan fingerprint density at radius 2 is 2.00 bits per heavy atom. The summed E-state index contributed by atoms with van der Waals surface area (Å²) in [6.07, 6.45) is 6.66. The van der Waals surface area contributed by atoms with E-state index in [1.54, 1.807) is 11.8 Å². The first-order valence-corrected chi connectivity index (χ1v) is 6.82. The highest BCUT2D eigenvalue weighted by atomic mass is 32.2. The van der Waals surface area contributed by atoms with Crippen LogP contribution < -0.4 is 0 Å². The largest absolute Gasteiger partial charge is 0.393 e. The molecule has 0 aliphatic heterocycles. The Morgan fingerprint density at radius 1 is 1.25 bits per heavy atom. The van der Waals surface area contributed by atoms with Crippen LogP contribution >= 0.6 is 11.8 Å². The fourth-order valence-corrected chi connectivity index (χ4v) is 2.34. The molecule has 0 spiro atoms. The van der Waals surface area contributed by atoms with Gasteiger partial charge in [-0.1, -0.05) is 37.3 Å². The zero-order chi connectivity index (χ0) is 11.6. The van der Waals surface area contributed by atoms with Crippen LogP contribution in [0.25, 0.3) is 0 Å². The van der Waals surface area contributed by atoms with E-state index in [0.29, 0.717) is 0 Å². The molecule has 1 aromatic rings. The smallest absolute Gasteiger partial charge is 0.0582 e. The summed E-state index contributed by atoms with van der Waals surface area (Å²) in [6.45, 7) is 2.11. The molecule has 0 saturated carbocycles. The van der Waals surface area contributed by atoms with Gasteiger partial charge < -0.3 is 5.11 Å². The van der Waals surface area contributed by atoms with E-state index >= 15 is 0 Å². The van der Waals surface area contributed by atoms with Crippen molar-refractivity contribution in [2.24, 2.45) is 0 Å². The second-order valence-electron chi connectivity index (χ2n) is 3.72. The Morgan fingerprint density at radius 3 is 2.69 bits per heavy atom. The van der Waals surface area contributed by atoms with Crippen molar-refractivity contribution in [1.29, 1.82) is 0 Å². The molecule has 1 N–H and O–H groups in total. The number of allylic oxidation sites excluding steroid dienone is 1. The molecule has 1 nitrogen and oxygen atoms in total. The molecular formula is C14H20OS. The minimum absolute atomic E-state index is 0.195. The second-order valence-corrected chi connectivity index (χ2v) is 4.89. The van der Waals surface area contributed by atoms with E-state index in [9.17, 15) is 5.11 Å². The second kappa shape index (κ2) is 8.43.